The Labute approximate surface area is 179 Å². The number of benzene rings is 2. The van der Waals surface area contributed by atoms with E-state index in [4.69, 9.17) is 33.3 Å². The van der Waals surface area contributed by atoms with Crippen molar-refractivity contribution in [2.75, 3.05) is 18.1 Å². The molecule has 0 aliphatic carbocycles. The zero-order valence-corrected chi connectivity index (χ0v) is 17.5. The summed E-state index contributed by atoms with van der Waals surface area (Å²) in [5.74, 6) is -0.00511. The third kappa shape index (κ3) is 4.41. The first kappa shape index (κ1) is 20.8. The number of amides is 2. The van der Waals surface area contributed by atoms with Crippen LogP contribution in [-0.4, -0.2) is 30.1 Å². The van der Waals surface area contributed by atoms with Crippen LogP contribution in [0, 0.1) is 0 Å². The molecule has 0 radical (unpaired) electrons. The van der Waals surface area contributed by atoms with Crippen molar-refractivity contribution in [3.05, 3.63) is 58.6 Å². The van der Waals surface area contributed by atoms with Crippen LogP contribution in [0.4, 0.5) is 5.69 Å². The normalized spacial score (nSPS) is 15.5. The number of thiocarbonyl (C=S) groups is 1. The molecular weight excluding hydrogens is 412 g/mol. The maximum Gasteiger partial charge on any atom is 0.270 e. The number of hydrogen-bond acceptors (Lipinski definition) is 5. The lowest BCUT2D eigenvalue weighted by Crippen LogP contribution is -2.54. The number of ether oxygens (including phenoxy) is 2. The molecule has 0 atom stereocenters. The van der Waals surface area contributed by atoms with Crippen molar-refractivity contribution in [3.8, 4) is 11.5 Å². The van der Waals surface area contributed by atoms with Crippen LogP contribution in [0.25, 0.3) is 6.08 Å². The second kappa shape index (κ2) is 9.07. The fraction of sp³-hybridized carbons (Fsp3) is 0.190. The molecule has 1 aliphatic heterocycles. The van der Waals surface area contributed by atoms with Gasteiger partial charge in [-0.15, -0.1) is 0 Å². The lowest BCUT2D eigenvalue weighted by Gasteiger charge is -2.29. The summed E-state index contributed by atoms with van der Waals surface area (Å²) in [5, 5.41) is 2.87. The van der Waals surface area contributed by atoms with E-state index in [0.717, 1.165) is 0 Å². The van der Waals surface area contributed by atoms with Gasteiger partial charge in [0.05, 0.1) is 23.9 Å². The Morgan fingerprint density at radius 2 is 1.76 bits per heavy atom. The Morgan fingerprint density at radius 3 is 2.45 bits per heavy atom. The molecule has 29 heavy (non-hydrogen) atoms. The molecule has 1 N–H and O–H groups in total. The van der Waals surface area contributed by atoms with E-state index in [0.29, 0.717) is 41.0 Å². The predicted octanol–water partition coefficient (Wildman–Crippen LogP) is 3.97. The smallest absolute Gasteiger partial charge is 0.270 e. The van der Waals surface area contributed by atoms with Gasteiger partial charge in [0, 0.05) is 0 Å². The van der Waals surface area contributed by atoms with E-state index < -0.39 is 11.8 Å². The lowest BCUT2D eigenvalue weighted by molar-refractivity contribution is -0.122. The van der Waals surface area contributed by atoms with Gasteiger partial charge in [0.2, 0.25) is 0 Å². The van der Waals surface area contributed by atoms with Gasteiger partial charge in [-0.1, -0.05) is 29.8 Å². The summed E-state index contributed by atoms with van der Waals surface area (Å²) in [5.41, 5.74) is 0.948. The number of para-hydroxylation sites is 1. The number of halogens is 1. The molecule has 1 aliphatic rings. The molecule has 3 rings (SSSR count). The number of carbonyl (C=O) groups is 2. The average molecular weight is 431 g/mol. The Balaban J connectivity index is 2.00. The Bertz CT molecular complexity index is 1010. The molecule has 1 saturated heterocycles. The second-order valence-corrected chi connectivity index (χ2v) is 6.78. The molecule has 2 aromatic carbocycles. The highest BCUT2D eigenvalue weighted by Gasteiger charge is 2.35. The van der Waals surface area contributed by atoms with Crippen molar-refractivity contribution in [2.24, 2.45) is 0 Å². The molecule has 2 aromatic rings. The summed E-state index contributed by atoms with van der Waals surface area (Å²) in [7, 11) is 0. The number of rotatable bonds is 6. The van der Waals surface area contributed by atoms with Gasteiger partial charge in [-0.3, -0.25) is 19.8 Å². The number of hydrogen-bond donors (Lipinski definition) is 1. The SMILES string of the molecule is CCOc1ccc(/C=C2\C(=O)NC(=S)N(c3ccccc3Cl)C2=O)cc1OCC. The maximum absolute atomic E-state index is 13.1. The first-order chi connectivity index (χ1) is 14.0. The summed E-state index contributed by atoms with van der Waals surface area (Å²) in [6, 6.07) is 12.0. The fourth-order valence-electron chi connectivity index (χ4n) is 2.83. The summed E-state index contributed by atoms with van der Waals surface area (Å²) < 4.78 is 11.2. The summed E-state index contributed by atoms with van der Waals surface area (Å²) >= 11 is 11.4. The zero-order chi connectivity index (χ0) is 21.0. The summed E-state index contributed by atoms with van der Waals surface area (Å²) in [4.78, 5) is 26.7. The monoisotopic (exact) mass is 430 g/mol. The Morgan fingerprint density at radius 1 is 1.07 bits per heavy atom. The molecule has 8 heteroatoms. The number of carbonyl (C=O) groups excluding carboxylic acids is 2. The molecule has 0 spiro atoms. The summed E-state index contributed by atoms with van der Waals surface area (Å²) in [6.45, 7) is 4.68. The van der Waals surface area contributed by atoms with Crippen LogP contribution in [0.1, 0.15) is 19.4 Å². The molecule has 0 saturated carbocycles. The van der Waals surface area contributed by atoms with E-state index in [-0.39, 0.29) is 10.7 Å². The lowest BCUT2D eigenvalue weighted by atomic mass is 10.1. The van der Waals surface area contributed by atoms with Crippen LogP contribution in [-0.2, 0) is 9.59 Å². The third-order valence-corrected chi connectivity index (χ3v) is 4.68. The molecular formula is C21H19ClN2O4S. The van der Waals surface area contributed by atoms with Crippen LogP contribution in [0.15, 0.2) is 48.0 Å². The van der Waals surface area contributed by atoms with Gasteiger partial charge < -0.3 is 9.47 Å². The van der Waals surface area contributed by atoms with E-state index in [2.05, 4.69) is 5.32 Å². The molecule has 2 amide bonds. The van der Waals surface area contributed by atoms with Crippen molar-refractivity contribution < 1.29 is 19.1 Å². The Hall–Kier alpha value is -2.90. The number of nitrogens with zero attached hydrogens (tertiary/aromatic N) is 1. The Kier molecular flexibility index (Phi) is 6.51. The van der Waals surface area contributed by atoms with Crippen LogP contribution >= 0.6 is 23.8 Å². The largest absolute Gasteiger partial charge is 0.490 e. The van der Waals surface area contributed by atoms with Gasteiger partial charge in [0.15, 0.2) is 16.6 Å². The standard InChI is InChI=1S/C21H19ClN2O4S/c1-3-27-17-10-9-13(12-18(17)28-4-2)11-14-19(25)23-21(29)24(20(14)26)16-8-6-5-7-15(16)22/h5-12H,3-4H2,1-2H3,(H,23,25,29)/b14-11+. The molecule has 6 nitrogen and oxygen atoms in total. The van der Waals surface area contributed by atoms with Gasteiger partial charge in [-0.2, -0.15) is 0 Å². The van der Waals surface area contributed by atoms with E-state index in [9.17, 15) is 9.59 Å². The molecule has 150 valence electrons. The molecule has 0 unspecified atom stereocenters. The van der Waals surface area contributed by atoms with Crippen LogP contribution < -0.4 is 19.7 Å². The number of nitrogens with one attached hydrogen (secondary N) is 1. The van der Waals surface area contributed by atoms with Gasteiger partial charge in [-0.25, -0.2) is 0 Å². The van der Waals surface area contributed by atoms with Gasteiger partial charge in [0.25, 0.3) is 11.8 Å². The predicted molar refractivity (Wildman–Crippen MR) is 116 cm³/mol. The first-order valence-corrected chi connectivity index (χ1v) is 9.80. The zero-order valence-electron chi connectivity index (χ0n) is 15.9. The van der Waals surface area contributed by atoms with Gasteiger partial charge >= 0.3 is 0 Å². The van der Waals surface area contributed by atoms with E-state index in [1.807, 2.05) is 13.8 Å². The van der Waals surface area contributed by atoms with Crippen molar-refractivity contribution in [1.82, 2.24) is 5.32 Å². The molecule has 0 aromatic heterocycles. The topological polar surface area (TPSA) is 67.9 Å². The minimum atomic E-state index is -0.574. The minimum Gasteiger partial charge on any atom is -0.490 e. The summed E-state index contributed by atoms with van der Waals surface area (Å²) in [6.07, 6.45) is 1.49. The molecule has 1 heterocycles. The van der Waals surface area contributed by atoms with Crippen LogP contribution in [0.5, 0.6) is 11.5 Å². The fourth-order valence-corrected chi connectivity index (χ4v) is 3.33. The average Bonchev–Trinajstić information content (AvgIpc) is 2.68. The highest BCUT2D eigenvalue weighted by atomic mass is 35.5. The highest BCUT2D eigenvalue weighted by molar-refractivity contribution is 7.80. The molecule has 0 bridgehead atoms. The van der Waals surface area contributed by atoms with Crippen molar-refractivity contribution in [1.29, 1.82) is 0 Å². The molecule has 1 fully saturated rings. The van der Waals surface area contributed by atoms with Crippen LogP contribution in [0.2, 0.25) is 5.02 Å². The highest BCUT2D eigenvalue weighted by Crippen LogP contribution is 2.31. The van der Waals surface area contributed by atoms with E-state index >= 15 is 0 Å². The van der Waals surface area contributed by atoms with Gasteiger partial charge in [-0.05, 0) is 62.0 Å². The third-order valence-electron chi connectivity index (χ3n) is 4.07. The maximum atomic E-state index is 13.1. The van der Waals surface area contributed by atoms with Crippen molar-refractivity contribution in [3.63, 3.8) is 0 Å². The van der Waals surface area contributed by atoms with Gasteiger partial charge in [0.1, 0.15) is 5.57 Å². The first-order valence-electron chi connectivity index (χ1n) is 9.01. The quantitative estimate of drug-likeness (QED) is 0.426. The van der Waals surface area contributed by atoms with Crippen molar-refractivity contribution in [2.45, 2.75) is 13.8 Å². The van der Waals surface area contributed by atoms with E-state index in [1.54, 1.807) is 42.5 Å². The van der Waals surface area contributed by atoms with E-state index in [1.165, 1.54) is 11.0 Å². The minimum absolute atomic E-state index is 0.0213. The second-order valence-electron chi connectivity index (χ2n) is 5.98. The van der Waals surface area contributed by atoms with Crippen LogP contribution in [0.3, 0.4) is 0 Å². The number of anilines is 1. The van der Waals surface area contributed by atoms with Crippen molar-refractivity contribution >= 4 is 52.5 Å².